The van der Waals surface area contributed by atoms with Crippen LogP contribution in [-0.2, 0) is 5.41 Å². The van der Waals surface area contributed by atoms with Gasteiger partial charge in [-0.25, -0.2) is 18.7 Å². The molecule has 1 aromatic carbocycles. The summed E-state index contributed by atoms with van der Waals surface area (Å²) in [5.41, 5.74) is -0.222. The lowest BCUT2D eigenvalue weighted by Crippen LogP contribution is -2.34. The van der Waals surface area contributed by atoms with E-state index in [1.54, 1.807) is 19.9 Å². The first-order valence-electron chi connectivity index (χ1n) is 9.14. The van der Waals surface area contributed by atoms with Gasteiger partial charge in [0.2, 0.25) is 5.89 Å². The van der Waals surface area contributed by atoms with Crippen LogP contribution in [0.5, 0.6) is 0 Å². The van der Waals surface area contributed by atoms with Crippen LogP contribution in [-0.4, -0.2) is 39.9 Å². The Morgan fingerprint density at radius 3 is 2.71 bits per heavy atom. The third kappa shape index (κ3) is 3.36. The van der Waals surface area contributed by atoms with E-state index in [2.05, 4.69) is 40.9 Å². The molecule has 28 heavy (non-hydrogen) atoms. The van der Waals surface area contributed by atoms with Crippen molar-refractivity contribution in [3.63, 3.8) is 0 Å². The van der Waals surface area contributed by atoms with Crippen LogP contribution in [0.3, 0.4) is 0 Å². The first-order valence-corrected chi connectivity index (χ1v) is 9.93. The normalized spacial score (nSPS) is 16.1. The lowest BCUT2D eigenvalue weighted by Gasteiger charge is -2.32. The summed E-state index contributed by atoms with van der Waals surface area (Å²) in [6, 6.07) is 3.06. The van der Waals surface area contributed by atoms with E-state index in [1.807, 2.05) is 0 Å². The highest BCUT2D eigenvalue weighted by Gasteiger charge is 2.31. The van der Waals surface area contributed by atoms with Gasteiger partial charge >= 0.3 is 0 Å². The number of aromatic nitrogens is 4. The molecule has 0 saturated carbocycles. The van der Waals surface area contributed by atoms with Crippen LogP contribution in [0.25, 0.3) is 10.9 Å². The highest BCUT2D eigenvalue weighted by atomic mass is 79.9. The van der Waals surface area contributed by atoms with Crippen molar-refractivity contribution in [1.82, 2.24) is 20.1 Å². The van der Waals surface area contributed by atoms with E-state index in [9.17, 15) is 8.78 Å². The van der Waals surface area contributed by atoms with E-state index in [0.29, 0.717) is 41.5 Å². The van der Waals surface area contributed by atoms with Crippen LogP contribution in [0.2, 0.25) is 0 Å². The molecule has 2 aromatic heterocycles. The molecule has 1 fully saturated rings. The average molecular weight is 452 g/mol. The van der Waals surface area contributed by atoms with Gasteiger partial charge in [-0.05, 0) is 54.8 Å². The molecule has 0 N–H and O–H groups in total. The van der Waals surface area contributed by atoms with Crippen molar-refractivity contribution >= 4 is 32.7 Å². The molecule has 0 radical (unpaired) electrons. The first kappa shape index (κ1) is 19.2. The van der Waals surface area contributed by atoms with E-state index in [-0.39, 0.29) is 11.7 Å². The third-order valence-corrected chi connectivity index (χ3v) is 5.82. The molecule has 148 valence electrons. The van der Waals surface area contributed by atoms with E-state index in [4.69, 9.17) is 4.52 Å². The lowest BCUT2D eigenvalue weighted by molar-refractivity contribution is 0.257. The zero-order valence-corrected chi connectivity index (χ0v) is 17.2. The predicted octanol–water partition coefficient (Wildman–Crippen LogP) is 4.55. The van der Waals surface area contributed by atoms with Crippen LogP contribution in [0.15, 0.2) is 27.5 Å². The summed E-state index contributed by atoms with van der Waals surface area (Å²) in [6.07, 6.45) is 3.00. The van der Waals surface area contributed by atoms with Gasteiger partial charge in [-0.15, -0.1) is 0 Å². The second kappa shape index (κ2) is 7.35. The zero-order chi connectivity index (χ0) is 19.9. The van der Waals surface area contributed by atoms with Gasteiger partial charge in [-0.3, -0.25) is 0 Å². The Balaban J connectivity index is 1.54. The molecule has 0 amide bonds. The Labute approximate surface area is 169 Å². The molecule has 6 nitrogen and oxygen atoms in total. The van der Waals surface area contributed by atoms with Gasteiger partial charge in [0.25, 0.3) is 0 Å². The Morgan fingerprint density at radius 2 is 2.00 bits per heavy atom. The minimum atomic E-state index is -0.781. The van der Waals surface area contributed by atoms with Crippen LogP contribution in [0, 0.1) is 5.82 Å². The molecule has 0 bridgehead atoms. The maximum Gasteiger partial charge on any atom is 0.234 e. The van der Waals surface area contributed by atoms with Crippen molar-refractivity contribution in [2.75, 3.05) is 24.7 Å². The Kier molecular flexibility index (Phi) is 5.03. The number of alkyl halides is 1. The van der Waals surface area contributed by atoms with Gasteiger partial charge in [0.1, 0.15) is 24.6 Å². The van der Waals surface area contributed by atoms with Crippen molar-refractivity contribution in [2.45, 2.75) is 38.0 Å². The number of benzene rings is 1. The molecule has 3 heterocycles. The molecular formula is C19H20BrF2N5O. The summed E-state index contributed by atoms with van der Waals surface area (Å²) in [6.45, 7) is 4.27. The summed E-state index contributed by atoms with van der Waals surface area (Å²) in [4.78, 5) is 15.0. The van der Waals surface area contributed by atoms with Crippen LogP contribution < -0.4 is 4.90 Å². The van der Waals surface area contributed by atoms with E-state index >= 15 is 0 Å². The van der Waals surface area contributed by atoms with Crippen LogP contribution >= 0.6 is 15.9 Å². The van der Waals surface area contributed by atoms with E-state index in [1.165, 1.54) is 12.4 Å². The summed E-state index contributed by atoms with van der Waals surface area (Å²) in [5.74, 6) is 1.30. The molecule has 1 aliphatic rings. The Morgan fingerprint density at radius 1 is 1.25 bits per heavy atom. The van der Waals surface area contributed by atoms with Crippen LogP contribution in [0.1, 0.15) is 44.3 Å². The summed E-state index contributed by atoms with van der Waals surface area (Å²) >= 11 is 3.42. The quantitative estimate of drug-likeness (QED) is 0.579. The molecule has 1 aliphatic heterocycles. The van der Waals surface area contributed by atoms with E-state index < -0.39 is 12.1 Å². The summed E-state index contributed by atoms with van der Waals surface area (Å²) < 4.78 is 33.7. The highest BCUT2D eigenvalue weighted by molar-refractivity contribution is 9.10. The van der Waals surface area contributed by atoms with Gasteiger partial charge in [-0.2, -0.15) is 4.98 Å². The lowest BCUT2D eigenvalue weighted by atomic mass is 9.94. The number of hydrogen-bond donors (Lipinski definition) is 0. The minimum Gasteiger partial charge on any atom is -0.356 e. The molecule has 0 atom stereocenters. The zero-order valence-electron chi connectivity index (χ0n) is 15.6. The fraction of sp³-hybridized carbons (Fsp3) is 0.474. The standard InChI is InChI=1S/C19H20BrF2N5O/c1-19(2,9-21)18-25-16(26-28-18)11-5-7-27(8-6-11)17-14-13(22)4-3-12(20)15(14)23-10-24-17/h3-4,10-11H,5-9H2,1-2H3. The molecule has 1 saturated heterocycles. The molecule has 3 aromatic rings. The molecular weight excluding hydrogens is 432 g/mol. The first-order chi connectivity index (χ1) is 13.4. The van der Waals surface area contributed by atoms with Gasteiger partial charge in [-0.1, -0.05) is 5.16 Å². The smallest absolute Gasteiger partial charge is 0.234 e. The minimum absolute atomic E-state index is 0.119. The second-order valence-corrected chi connectivity index (χ2v) is 8.54. The van der Waals surface area contributed by atoms with Gasteiger partial charge in [0.15, 0.2) is 5.82 Å². The molecule has 0 spiro atoms. The fourth-order valence-electron chi connectivity index (χ4n) is 3.41. The van der Waals surface area contributed by atoms with Gasteiger partial charge < -0.3 is 9.42 Å². The number of nitrogens with zero attached hydrogens (tertiary/aromatic N) is 5. The van der Waals surface area contributed by atoms with Crippen molar-refractivity contribution in [2.24, 2.45) is 0 Å². The van der Waals surface area contributed by atoms with Crippen molar-refractivity contribution in [3.05, 3.63) is 40.5 Å². The van der Waals surface area contributed by atoms with Gasteiger partial charge in [0, 0.05) is 23.5 Å². The predicted molar refractivity (Wildman–Crippen MR) is 105 cm³/mol. The number of halogens is 3. The van der Waals surface area contributed by atoms with Crippen molar-refractivity contribution in [1.29, 1.82) is 0 Å². The average Bonchev–Trinajstić information content (AvgIpc) is 3.22. The fourth-order valence-corrected chi connectivity index (χ4v) is 3.84. The molecule has 4 rings (SSSR count). The Bertz CT molecular complexity index is 1000. The van der Waals surface area contributed by atoms with Gasteiger partial charge in [0.05, 0.1) is 16.3 Å². The van der Waals surface area contributed by atoms with E-state index in [0.717, 1.165) is 17.3 Å². The SMILES string of the molecule is CC(C)(CF)c1nc(C2CCN(c3ncnc4c(Br)ccc(F)c34)CC2)no1. The number of fused-ring (bicyclic) bond motifs is 1. The molecule has 0 aliphatic carbocycles. The highest BCUT2D eigenvalue weighted by Crippen LogP contribution is 2.35. The maximum atomic E-state index is 14.5. The third-order valence-electron chi connectivity index (χ3n) is 5.18. The molecule has 0 unspecified atom stereocenters. The number of rotatable bonds is 4. The molecule has 9 heteroatoms. The van der Waals surface area contributed by atoms with Crippen molar-refractivity contribution in [3.8, 4) is 0 Å². The largest absolute Gasteiger partial charge is 0.356 e. The second-order valence-electron chi connectivity index (χ2n) is 7.69. The Hall–Kier alpha value is -2.16. The topological polar surface area (TPSA) is 67.9 Å². The maximum absolute atomic E-state index is 14.5. The monoisotopic (exact) mass is 451 g/mol. The van der Waals surface area contributed by atoms with Crippen LogP contribution in [0.4, 0.5) is 14.6 Å². The summed E-state index contributed by atoms with van der Waals surface area (Å²) in [7, 11) is 0. The summed E-state index contributed by atoms with van der Waals surface area (Å²) in [5, 5.41) is 4.48. The van der Waals surface area contributed by atoms with Crippen molar-refractivity contribution < 1.29 is 13.3 Å². The number of piperidine rings is 1. The number of hydrogen-bond acceptors (Lipinski definition) is 6. The number of anilines is 1.